The van der Waals surface area contributed by atoms with Crippen LogP contribution in [0.3, 0.4) is 0 Å². The molecule has 0 saturated heterocycles. The zero-order chi connectivity index (χ0) is 14.6. The van der Waals surface area contributed by atoms with E-state index >= 15 is 0 Å². The first-order valence-corrected chi connectivity index (χ1v) is 7.44. The van der Waals surface area contributed by atoms with Crippen LogP contribution < -0.4 is 5.32 Å². The van der Waals surface area contributed by atoms with Gasteiger partial charge in [-0.1, -0.05) is 44.9 Å². The minimum absolute atomic E-state index is 0.131. The van der Waals surface area contributed by atoms with Crippen molar-refractivity contribution < 1.29 is 4.79 Å². The molecule has 0 aliphatic heterocycles. The highest BCUT2D eigenvalue weighted by Crippen LogP contribution is 2.39. The van der Waals surface area contributed by atoms with Crippen molar-refractivity contribution in [3.05, 3.63) is 29.8 Å². The first-order chi connectivity index (χ1) is 9.63. The van der Waals surface area contributed by atoms with Crippen LogP contribution in [0.25, 0.3) is 0 Å². The number of hydrogen-bond donors (Lipinski definition) is 1. The molecule has 3 heteroatoms. The molecule has 3 nitrogen and oxygen atoms in total. The number of hydrogen-bond acceptors (Lipinski definition) is 2. The van der Waals surface area contributed by atoms with Gasteiger partial charge in [0, 0.05) is 5.69 Å². The third-order valence-corrected chi connectivity index (χ3v) is 4.46. The Kier molecular flexibility index (Phi) is 4.44. The largest absolute Gasteiger partial charge is 0.324 e. The van der Waals surface area contributed by atoms with Gasteiger partial charge >= 0.3 is 0 Å². The first-order valence-electron chi connectivity index (χ1n) is 7.44. The summed E-state index contributed by atoms with van der Waals surface area (Å²) in [5.41, 5.74) is 1.19. The van der Waals surface area contributed by atoms with Crippen LogP contribution in [0.15, 0.2) is 24.3 Å². The second-order valence-electron chi connectivity index (χ2n) is 5.75. The molecule has 0 aromatic heterocycles. The van der Waals surface area contributed by atoms with E-state index in [9.17, 15) is 10.1 Å². The number of nitrogens with one attached hydrogen (secondary N) is 1. The van der Waals surface area contributed by atoms with E-state index in [1.54, 1.807) is 0 Å². The number of anilines is 1. The lowest BCUT2D eigenvalue weighted by molar-refractivity contribution is -0.122. The number of para-hydroxylation sites is 1. The van der Waals surface area contributed by atoms with Crippen molar-refractivity contribution >= 4 is 11.6 Å². The second-order valence-corrected chi connectivity index (χ2v) is 5.75. The van der Waals surface area contributed by atoms with Crippen LogP contribution in [0.2, 0.25) is 0 Å². The third kappa shape index (κ3) is 2.70. The lowest BCUT2D eigenvalue weighted by Crippen LogP contribution is -2.32. The molecule has 0 heterocycles. The average molecular weight is 270 g/mol. The highest BCUT2D eigenvalue weighted by Gasteiger charge is 2.41. The van der Waals surface area contributed by atoms with Crippen molar-refractivity contribution in [1.29, 1.82) is 5.26 Å². The summed E-state index contributed by atoms with van der Waals surface area (Å²) in [5, 5.41) is 12.4. The summed E-state index contributed by atoms with van der Waals surface area (Å²) in [6.45, 7) is 4.29. The monoisotopic (exact) mass is 270 g/mol. The molecule has 1 aromatic rings. The van der Waals surface area contributed by atoms with Crippen LogP contribution in [0.1, 0.15) is 57.4 Å². The van der Waals surface area contributed by atoms with Gasteiger partial charge in [0.2, 0.25) is 5.91 Å². The summed E-state index contributed by atoms with van der Waals surface area (Å²) in [4.78, 5) is 12.5. The van der Waals surface area contributed by atoms with Crippen molar-refractivity contribution in [3.63, 3.8) is 0 Å². The summed E-state index contributed by atoms with van der Waals surface area (Å²) in [6.07, 6.45) is 4.32. The summed E-state index contributed by atoms with van der Waals surface area (Å²) >= 11 is 0. The molecular formula is C17H22N2O. The van der Waals surface area contributed by atoms with E-state index < -0.39 is 5.41 Å². The summed E-state index contributed by atoms with van der Waals surface area (Å²) in [6, 6.07) is 10.1. The van der Waals surface area contributed by atoms with Crippen LogP contribution in [0.4, 0.5) is 5.69 Å². The maximum Gasteiger partial charge on any atom is 0.244 e. The molecule has 1 N–H and O–H groups in total. The van der Waals surface area contributed by atoms with Crippen LogP contribution in [-0.2, 0) is 4.79 Å². The van der Waals surface area contributed by atoms with Gasteiger partial charge in [-0.05, 0) is 36.8 Å². The normalized spacial score (nSPS) is 18.2. The van der Waals surface area contributed by atoms with Crippen molar-refractivity contribution in [2.75, 3.05) is 5.32 Å². The number of rotatable bonds is 4. The Morgan fingerprint density at radius 2 is 2.05 bits per heavy atom. The van der Waals surface area contributed by atoms with Gasteiger partial charge in [-0.25, -0.2) is 0 Å². The van der Waals surface area contributed by atoms with E-state index in [0.717, 1.165) is 30.5 Å². The maximum atomic E-state index is 12.5. The number of nitriles is 1. The molecular weight excluding hydrogens is 248 g/mol. The smallest absolute Gasteiger partial charge is 0.244 e. The molecule has 20 heavy (non-hydrogen) atoms. The highest BCUT2D eigenvalue weighted by molar-refractivity contribution is 5.98. The van der Waals surface area contributed by atoms with Crippen LogP contribution in [0, 0.1) is 16.7 Å². The summed E-state index contributed by atoms with van der Waals surface area (Å²) in [7, 11) is 0. The SMILES string of the molecule is CC[C@@H](C)c1ccccc1NC(=O)C1(C#N)CCCC1. The van der Waals surface area contributed by atoms with Crippen molar-refractivity contribution in [2.45, 2.75) is 51.9 Å². The van der Waals surface area contributed by atoms with Gasteiger partial charge in [0.05, 0.1) is 6.07 Å². The molecule has 0 unspecified atom stereocenters. The fourth-order valence-corrected chi connectivity index (χ4v) is 2.87. The lowest BCUT2D eigenvalue weighted by Gasteiger charge is -2.22. The fraction of sp³-hybridized carbons (Fsp3) is 0.529. The average Bonchev–Trinajstić information content (AvgIpc) is 2.97. The number of carbonyl (C=O) groups is 1. The molecule has 1 aromatic carbocycles. The first kappa shape index (κ1) is 14.6. The van der Waals surface area contributed by atoms with Crippen molar-refractivity contribution in [3.8, 4) is 6.07 Å². The van der Waals surface area contributed by atoms with Crippen molar-refractivity contribution in [2.24, 2.45) is 5.41 Å². The Bertz CT molecular complexity index is 524. The Hall–Kier alpha value is -1.82. The predicted molar refractivity (Wildman–Crippen MR) is 80.3 cm³/mol. The fourth-order valence-electron chi connectivity index (χ4n) is 2.87. The highest BCUT2D eigenvalue weighted by atomic mass is 16.2. The van der Waals surface area contributed by atoms with E-state index in [1.807, 2.05) is 18.2 Å². The van der Waals surface area contributed by atoms with E-state index in [1.165, 1.54) is 0 Å². The molecule has 106 valence electrons. The zero-order valence-corrected chi connectivity index (χ0v) is 12.3. The zero-order valence-electron chi connectivity index (χ0n) is 12.3. The molecule has 1 atom stereocenters. The molecule has 1 aliphatic carbocycles. The molecule has 1 aliphatic rings. The third-order valence-electron chi connectivity index (χ3n) is 4.46. The van der Waals surface area contributed by atoms with Crippen LogP contribution in [-0.4, -0.2) is 5.91 Å². The number of benzene rings is 1. The van der Waals surface area contributed by atoms with E-state index in [-0.39, 0.29) is 5.91 Å². The number of nitrogens with zero attached hydrogens (tertiary/aromatic N) is 1. The Morgan fingerprint density at radius 1 is 1.40 bits per heavy atom. The van der Waals surface area contributed by atoms with Crippen LogP contribution >= 0.6 is 0 Å². The van der Waals surface area contributed by atoms with Crippen LogP contribution in [0.5, 0.6) is 0 Å². The molecule has 0 bridgehead atoms. The van der Waals surface area contributed by atoms with E-state index in [4.69, 9.17) is 0 Å². The molecule has 2 rings (SSSR count). The quantitative estimate of drug-likeness (QED) is 0.890. The Balaban J connectivity index is 2.22. The number of amides is 1. The van der Waals surface area contributed by atoms with Gasteiger partial charge in [0.25, 0.3) is 0 Å². The maximum absolute atomic E-state index is 12.5. The van der Waals surface area contributed by atoms with Crippen molar-refractivity contribution in [1.82, 2.24) is 0 Å². The van der Waals surface area contributed by atoms with E-state index in [0.29, 0.717) is 18.8 Å². The van der Waals surface area contributed by atoms with Gasteiger partial charge in [-0.15, -0.1) is 0 Å². The molecule has 0 radical (unpaired) electrons. The Labute approximate surface area is 121 Å². The molecule has 0 spiro atoms. The van der Waals surface area contributed by atoms with Gasteiger partial charge in [0.15, 0.2) is 0 Å². The predicted octanol–water partition coefficient (Wildman–Crippen LogP) is 4.22. The van der Waals surface area contributed by atoms with Gasteiger partial charge in [-0.3, -0.25) is 4.79 Å². The van der Waals surface area contributed by atoms with E-state index in [2.05, 4.69) is 31.3 Å². The van der Waals surface area contributed by atoms with Gasteiger partial charge in [-0.2, -0.15) is 5.26 Å². The minimum atomic E-state index is -0.817. The van der Waals surface area contributed by atoms with Gasteiger partial charge < -0.3 is 5.32 Å². The topological polar surface area (TPSA) is 52.9 Å². The standard InChI is InChI=1S/C17H22N2O/c1-3-13(2)14-8-4-5-9-15(14)19-16(20)17(12-18)10-6-7-11-17/h4-5,8-9,13H,3,6-7,10-11H2,1-2H3,(H,19,20)/t13-/m1/s1. The van der Waals surface area contributed by atoms with Gasteiger partial charge in [0.1, 0.15) is 5.41 Å². The Morgan fingerprint density at radius 3 is 2.65 bits per heavy atom. The lowest BCUT2D eigenvalue weighted by atomic mass is 9.86. The second kappa shape index (κ2) is 6.09. The molecule has 1 fully saturated rings. The minimum Gasteiger partial charge on any atom is -0.324 e. The summed E-state index contributed by atoms with van der Waals surface area (Å²) in [5.74, 6) is 0.265. The summed E-state index contributed by atoms with van der Waals surface area (Å²) < 4.78 is 0. The molecule has 1 amide bonds. The molecule has 1 saturated carbocycles. The number of carbonyl (C=O) groups excluding carboxylic acids is 1.